The lowest BCUT2D eigenvalue weighted by Crippen LogP contribution is -2.05. The molecule has 5 rings (SSSR count). The van der Waals surface area contributed by atoms with E-state index in [1.54, 1.807) is 36.5 Å². The van der Waals surface area contributed by atoms with Crippen LogP contribution in [0.3, 0.4) is 0 Å². The molecule has 0 amide bonds. The summed E-state index contributed by atoms with van der Waals surface area (Å²) in [6.07, 6.45) is 1.71. The number of aromatic nitrogens is 2. The van der Waals surface area contributed by atoms with Gasteiger partial charge < -0.3 is 10.4 Å². The van der Waals surface area contributed by atoms with Crippen molar-refractivity contribution in [2.24, 2.45) is 4.99 Å². The lowest BCUT2D eigenvalue weighted by atomic mass is 9.95. The van der Waals surface area contributed by atoms with Crippen LogP contribution in [0.1, 0.15) is 27.0 Å². The summed E-state index contributed by atoms with van der Waals surface area (Å²) in [6.45, 7) is 0.349. The van der Waals surface area contributed by atoms with Crippen molar-refractivity contribution in [1.82, 2.24) is 9.97 Å². The Morgan fingerprint density at radius 3 is 2.48 bits per heavy atom. The van der Waals surface area contributed by atoms with E-state index in [9.17, 15) is 9.18 Å². The van der Waals surface area contributed by atoms with Gasteiger partial charge in [0, 0.05) is 39.2 Å². The third-order valence-corrected chi connectivity index (χ3v) is 5.50. The highest BCUT2D eigenvalue weighted by Crippen LogP contribution is 2.33. The van der Waals surface area contributed by atoms with Gasteiger partial charge in [-0.3, -0.25) is 4.99 Å². The molecule has 162 valence electrons. The zero-order chi connectivity index (χ0) is 22.9. The number of carboxylic acids is 1. The van der Waals surface area contributed by atoms with Crippen molar-refractivity contribution in [3.63, 3.8) is 0 Å². The molecular formula is C25H16ClFN4O2. The van der Waals surface area contributed by atoms with Crippen LogP contribution in [0.15, 0.2) is 77.9 Å². The van der Waals surface area contributed by atoms with Crippen LogP contribution in [-0.4, -0.2) is 26.8 Å². The van der Waals surface area contributed by atoms with Crippen LogP contribution < -0.4 is 5.32 Å². The van der Waals surface area contributed by atoms with Gasteiger partial charge >= 0.3 is 5.97 Å². The van der Waals surface area contributed by atoms with E-state index in [0.717, 1.165) is 22.3 Å². The first kappa shape index (κ1) is 20.8. The summed E-state index contributed by atoms with van der Waals surface area (Å²) in [6, 6.07) is 18.0. The Balaban J connectivity index is 1.55. The lowest BCUT2D eigenvalue weighted by Gasteiger charge is -2.13. The second-order valence-electron chi connectivity index (χ2n) is 7.44. The fourth-order valence-corrected chi connectivity index (χ4v) is 3.84. The number of carboxylic acid groups (broad SMARTS) is 1. The smallest absolute Gasteiger partial charge is 0.335 e. The molecule has 0 radical (unpaired) electrons. The van der Waals surface area contributed by atoms with Gasteiger partial charge in [0.15, 0.2) is 0 Å². The molecule has 2 N–H and O–H groups in total. The van der Waals surface area contributed by atoms with Crippen LogP contribution in [-0.2, 0) is 6.54 Å². The zero-order valence-corrected chi connectivity index (χ0v) is 17.8. The highest BCUT2D eigenvalue weighted by atomic mass is 35.5. The SMILES string of the molecule is O=C(O)c1ccc(Nc2ncc3c(n2)-c2ccc(Cl)cc2C(c2ccc(F)cc2)=NC3)cc1. The zero-order valence-electron chi connectivity index (χ0n) is 17.1. The normalized spacial score (nSPS) is 12.2. The molecule has 0 spiro atoms. The number of aliphatic imine (C=N–C) groups is 1. The maximum absolute atomic E-state index is 13.5. The summed E-state index contributed by atoms with van der Waals surface area (Å²) in [5.74, 6) is -0.946. The number of fused-ring (bicyclic) bond motifs is 3. The predicted molar refractivity (Wildman–Crippen MR) is 125 cm³/mol. The van der Waals surface area contributed by atoms with E-state index in [2.05, 4.69) is 10.3 Å². The number of anilines is 2. The second-order valence-corrected chi connectivity index (χ2v) is 7.87. The molecule has 0 fully saturated rings. The molecule has 3 aromatic carbocycles. The molecule has 6 nitrogen and oxygen atoms in total. The number of carbonyl (C=O) groups is 1. The van der Waals surface area contributed by atoms with Gasteiger partial charge in [-0.05, 0) is 60.7 Å². The van der Waals surface area contributed by atoms with E-state index in [0.29, 0.717) is 34.6 Å². The van der Waals surface area contributed by atoms with E-state index in [1.165, 1.54) is 24.3 Å². The standard InChI is InChI=1S/C25H16ClFN4O2/c26-17-5-10-20-21(11-17)22(14-1-6-18(27)7-2-14)28-12-16-13-29-25(31-23(16)20)30-19-8-3-15(4-9-19)24(32)33/h1-11,13H,12H2,(H,32,33)(H,29,30,31). The molecule has 0 bridgehead atoms. The fourth-order valence-electron chi connectivity index (χ4n) is 3.66. The largest absolute Gasteiger partial charge is 0.478 e. The van der Waals surface area contributed by atoms with Crippen molar-refractivity contribution in [1.29, 1.82) is 0 Å². The number of nitrogens with one attached hydrogen (secondary N) is 1. The van der Waals surface area contributed by atoms with Crippen molar-refractivity contribution in [3.05, 3.63) is 106 Å². The lowest BCUT2D eigenvalue weighted by molar-refractivity contribution is 0.0697. The Bertz CT molecular complexity index is 1400. The fraction of sp³-hybridized carbons (Fsp3) is 0.0400. The van der Waals surface area contributed by atoms with Crippen molar-refractivity contribution >= 4 is 34.9 Å². The second kappa shape index (κ2) is 8.44. The Morgan fingerprint density at radius 1 is 1.00 bits per heavy atom. The molecule has 4 aromatic rings. The van der Waals surface area contributed by atoms with Gasteiger partial charge in [0.25, 0.3) is 0 Å². The van der Waals surface area contributed by atoms with Crippen LogP contribution in [0.5, 0.6) is 0 Å². The summed E-state index contributed by atoms with van der Waals surface area (Å²) in [5, 5.41) is 12.7. The number of nitrogens with zero attached hydrogens (tertiary/aromatic N) is 3. The first-order valence-corrected chi connectivity index (χ1v) is 10.4. The van der Waals surface area contributed by atoms with Crippen LogP contribution in [0.25, 0.3) is 11.3 Å². The molecule has 1 aromatic heterocycles. The highest BCUT2D eigenvalue weighted by molar-refractivity contribution is 6.31. The minimum Gasteiger partial charge on any atom is -0.478 e. The van der Waals surface area contributed by atoms with Crippen molar-refractivity contribution < 1.29 is 14.3 Å². The molecule has 0 saturated carbocycles. The van der Waals surface area contributed by atoms with Crippen molar-refractivity contribution in [2.75, 3.05) is 5.32 Å². The van der Waals surface area contributed by atoms with E-state index >= 15 is 0 Å². The van der Waals surface area contributed by atoms with Crippen LogP contribution in [0.2, 0.25) is 5.02 Å². The third-order valence-electron chi connectivity index (χ3n) is 5.27. The Morgan fingerprint density at radius 2 is 1.76 bits per heavy atom. The Hall–Kier alpha value is -4.10. The molecular weight excluding hydrogens is 443 g/mol. The number of benzene rings is 3. The molecule has 0 atom stereocenters. The Labute approximate surface area is 193 Å². The first-order chi connectivity index (χ1) is 16.0. The van der Waals surface area contributed by atoms with Crippen molar-refractivity contribution in [2.45, 2.75) is 6.54 Å². The average molecular weight is 459 g/mol. The van der Waals surface area contributed by atoms with E-state index in [4.69, 9.17) is 26.7 Å². The number of aromatic carboxylic acids is 1. The van der Waals surface area contributed by atoms with Gasteiger partial charge in [0.1, 0.15) is 5.82 Å². The summed E-state index contributed by atoms with van der Waals surface area (Å²) in [4.78, 5) is 25.0. The molecule has 0 unspecified atom stereocenters. The minimum absolute atomic E-state index is 0.194. The van der Waals surface area contributed by atoms with E-state index in [-0.39, 0.29) is 11.4 Å². The van der Waals surface area contributed by atoms with Gasteiger partial charge in [-0.25, -0.2) is 19.2 Å². The van der Waals surface area contributed by atoms with Gasteiger partial charge in [0.05, 0.1) is 23.5 Å². The average Bonchev–Trinajstić information content (AvgIpc) is 2.96. The Kier molecular flexibility index (Phi) is 5.32. The number of hydrogen-bond acceptors (Lipinski definition) is 5. The summed E-state index contributed by atoms with van der Waals surface area (Å²) in [5.41, 5.74) is 5.50. The van der Waals surface area contributed by atoms with Crippen LogP contribution >= 0.6 is 11.6 Å². The minimum atomic E-state index is -0.991. The highest BCUT2D eigenvalue weighted by Gasteiger charge is 2.21. The van der Waals surface area contributed by atoms with E-state index in [1.807, 2.05) is 12.1 Å². The number of halogens is 2. The van der Waals surface area contributed by atoms with Crippen LogP contribution in [0, 0.1) is 5.82 Å². The summed E-state index contributed by atoms with van der Waals surface area (Å²) >= 11 is 6.31. The van der Waals surface area contributed by atoms with Gasteiger partial charge in [-0.1, -0.05) is 17.7 Å². The van der Waals surface area contributed by atoms with Gasteiger partial charge in [0.2, 0.25) is 5.95 Å². The molecule has 2 heterocycles. The maximum atomic E-state index is 13.5. The van der Waals surface area contributed by atoms with Crippen molar-refractivity contribution in [3.8, 4) is 11.3 Å². The van der Waals surface area contributed by atoms with Gasteiger partial charge in [-0.2, -0.15) is 0 Å². The molecule has 33 heavy (non-hydrogen) atoms. The molecule has 8 heteroatoms. The maximum Gasteiger partial charge on any atom is 0.335 e. The summed E-state index contributed by atoms with van der Waals surface area (Å²) < 4.78 is 13.5. The van der Waals surface area contributed by atoms with E-state index < -0.39 is 5.97 Å². The quantitative estimate of drug-likeness (QED) is 0.408. The molecule has 0 aliphatic carbocycles. The monoisotopic (exact) mass is 458 g/mol. The summed E-state index contributed by atoms with van der Waals surface area (Å²) in [7, 11) is 0. The predicted octanol–water partition coefficient (Wildman–Crippen LogP) is 5.73. The number of rotatable bonds is 4. The molecule has 0 saturated heterocycles. The topological polar surface area (TPSA) is 87.5 Å². The first-order valence-electron chi connectivity index (χ1n) is 10.0. The molecule has 1 aliphatic heterocycles. The van der Waals surface area contributed by atoms with Gasteiger partial charge in [-0.15, -0.1) is 0 Å². The van der Waals surface area contributed by atoms with Crippen LogP contribution in [0.4, 0.5) is 16.0 Å². The number of hydrogen-bond donors (Lipinski definition) is 2. The third kappa shape index (κ3) is 4.18. The molecule has 1 aliphatic rings.